The van der Waals surface area contributed by atoms with Gasteiger partial charge in [-0.2, -0.15) is 12.2 Å². The number of hydrogen-bond donors (Lipinski definition) is 0. The van der Waals surface area contributed by atoms with Crippen LogP contribution in [0.2, 0.25) is 0 Å². The standard InChI is InChI=1S/C6H7.C5H5.Co/c1-2-4-6-5-3-1;1-2-4-5-3-1;/h1-3H,4,6H2;1-3H,4H2;/q2*-1;+2. The van der Waals surface area contributed by atoms with Crippen LogP contribution in [0.1, 0.15) is 19.3 Å². The van der Waals surface area contributed by atoms with E-state index in [0.29, 0.717) is 0 Å². The molecule has 0 aliphatic heterocycles. The molecule has 1 radical (unpaired) electrons. The minimum atomic E-state index is 0. The van der Waals surface area contributed by atoms with E-state index in [1.54, 1.807) is 0 Å². The summed E-state index contributed by atoms with van der Waals surface area (Å²) >= 11 is 0. The zero-order valence-corrected chi connectivity index (χ0v) is 7.96. The van der Waals surface area contributed by atoms with Gasteiger partial charge in [-0.05, 0) is 0 Å². The summed E-state index contributed by atoms with van der Waals surface area (Å²) in [4.78, 5) is 0. The molecule has 0 saturated heterocycles. The van der Waals surface area contributed by atoms with E-state index in [1.165, 1.54) is 6.42 Å². The Morgan fingerprint density at radius 3 is 1.83 bits per heavy atom. The number of allylic oxidation sites excluding steroid dienone is 8. The molecule has 0 saturated carbocycles. The first kappa shape index (κ1) is 11.5. The Morgan fingerprint density at radius 2 is 1.67 bits per heavy atom. The smallest absolute Gasteiger partial charge is 0.275 e. The summed E-state index contributed by atoms with van der Waals surface area (Å²) in [6.07, 6.45) is 21.5. The fourth-order valence-corrected chi connectivity index (χ4v) is 0.823. The monoisotopic (exact) mass is 203 g/mol. The van der Waals surface area contributed by atoms with E-state index in [-0.39, 0.29) is 16.8 Å². The maximum atomic E-state index is 3.07. The normalized spacial score (nSPS) is 16.7. The maximum Gasteiger partial charge on any atom is 2.00 e. The SMILES string of the molecule is [C-]1=CC=CC1.[C-]1=CC=CCC1.[Co+2]. The van der Waals surface area contributed by atoms with Gasteiger partial charge in [-0.3, -0.25) is 12.2 Å². The van der Waals surface area contributed by atoms with E-state index in [9.17, 15) is 0 Å². The quantitative estimate of drug-likeness (QED) is 0.531. The van der Waals surface area contributed by atoms with Crippen LogP contribution in [-0.2, 0) is 16.8 Å². The maximum absolute atomic E-state index is 3.07. The first-order valence-corrected chi connectivity index (χ1v) is 3.93. The molecule has 0 unspecified atom stereocenters. The van der Waals surface area contributed by atoms with Gasteiger partial charge in [-0.15, -0.1) is 12.8 Å². The van der Waals surface area contributed by atoms with Crippen molar-refractivity contribution >= 4 is 0 Å². The summed E-state index contributed by atoms with van der Waals surface area (Å²) in [6, 6.07) is 0. The van der Waals surface area contributed by atoms with Gasteiger partial charge in [0.25, 0.3) is 0 Å². The summed E-state index contributed by atoms with van der Waals surface area (Å²) in [6.45, 7) is 0. The Morgan fingerprint density at radius 1 is 0.917 bits per heavy atom. The molecule has 0 aromatic heterocycles. The Bertz CT molecular complexity index is 175. The van der Waals surface area contributed by atoms with Gasteiger partial charge in [-0.1, -0.05) is 6.42 Å². The molecule has 0 fully saturated rings. The summed E-state index contributed by atoms with van der Waals surface area (Å²) in [5.74, 6) is 0. The predicted octanol–water partition coefficient (Wildman–Crippen LogP) is 3.00. The molecule has 0 heterocycles. The molecule has 0 aromatic rings. The third kappa shape index (κ3) is 6.19. The van der Waals surface area contributed by atoms with E-state index in [2.05, 4.69) is 24.3 Å². The van der Waals surface area contributed by atoms with Gasteiger partial charge in [0.1, 0.15) is 0 Å². The van der Waals surface area contributed by atoms with Crippen LogP contribution >= 0.6 is 0 Å². The van der Waals surface area contributed by atoms with Crippen LogP contribution in [0.15, 0.2) is 36.5 Å². The second-order valence-corrected chi connectivity index (χ2v) is 2.34. The van der Waals surface area contributed by atoms with Crippen molar-refractivity contribution < 1.29 is 16.8 Å². The average Bonchev–Trinajstić information content (AvgIpc) is 2.64. The molecule has 0 aromatic carbocycles. The van der Waals surface area contributed by atoms with Crippen molar-refractivity contribution in [3.05, 3.63) is 48.6 Å². The number of rotatable bonds is 0. The molecule has 0 spiro atoms. The third-order valence-corrected chi connectivity index (χ3v) is 1.39. The second kappa shape index (κ2) is 8.56. The molecule has 2 aliphatic carbocycles. The van der Waals surface area contributed by atoms with Gasteiger partial charge >= 0.3 is 16.8 Å². The second-order valence-electron chi connectivity index (χ2n) is 2.34. The largest absolute Gasteiger partial charge is 2.00 e. The van der Waals surface area contributed by atoms with Gasteiger partial charge in [-0.25, -0.2) is 24.3 Å². The van der Waals surface area contributed by atoms with Crippen molar-refractivity contribution in [3.63, 3.8) is 0 Å². The summed E-state index contributed by atoms with van der Waals surface area (Å²) < 4.78 is 0. The molecular weight excluding hydrogens is 191 g/mol. The molecule has 0 nitrogen and oxygen atoms in total. The molecule has 0 bridgehead atoms. The van der Waals surface area contributed by atoms with Crippen molar-refractivity contribution in [3.8, 4) is 0 Å². The Kier molecular flexibility index (Phi) is 8.18. The minimum absolute atomic E-state index is 0. The van der Waals surface area contributed by atoms with Crippen molar-refractivity contribution in [1.29, 1.82) is 0 Å². The molecule has 0 atom stereocenters. The summed E-state index contributed by atoms with van der Waals surface area (Å²) in [5.41, 5.74) is 0. The Hall–Kier alpha value is -0.534. The third-order valence-electron chi connectivity index (χ3n) is 1.39. The van der Waals surface area contributed by atoms with E-state index >= 15 is 0 Å². The van der Waals surface area contributed by atoms with Gasteiger partial charge in [0, 0.05) is 0 Å². The molecule has 65 valence electrons. The van der Waals surface area contributed by atoms with Crippen LogP contribution in [0.3, 0.4) is 0 Å². The fourth-order valence-electron chi connectivity index (χ4n) is 0.823. The van der Waals surface area contributed by atoms with E-state index < -0.39 is 0 Å². The Labute approximate surface area is 84.9 Å². The topological polar surface area (TPSA) is 0 Å². The molecule has 2 rings (SSSR count). The van der Waals surface area contributed by atoms with Crippen LogP contribution in [0.5, 0.6) is 0 Å². The molecule has 0 amide bonds. The molecule has 0 N–H and O–H groups in total. The molecular formula is C11H12Co. The van der Waals surface area contributed by atoms with Crippen molar-refractivity contribution in [2.45, 2.75) is 19.3 Å². The van der Waals surface area contributed by atoms with Crippen LogP contribution in [0.25, 0.3) is 0 Å². The Balaban J connectivity index is 0.000000189. The predicted molar refractivity (Wildman–Crippen MR) is 47.8 cm³/mol. The van der Waals surface area contributed by atoms with Gasteiger partial charge in [0.15, 0.2) is 0 Å². The van der Waals surface area contributed by atoms with Crippen LogP contribution in [-0.4, -0.2) is 0 Å². The fraction of sp³-hybridized carbons (Fsp3) is 0.273. The van der Waals surface area contributed by atoms with Gasteiger partial charge in [0.05, 0.1) is 0 Å². The van der Waals surface area contributed by atoms with Crippen LogP contribution in [0, 0.1) is 12.2 Å². The zero-order chi connectivity index (χ0) is 7.78. The van der Waals surface area contributed by atoms with Crippen LogP contribution in [0.4, 0.5) is 0 Å². The van der Waals surface area contributed by atoms with Gasteiger partial charge in [0.2, 0.25) is 0 Å². The van der Waals surface area contributed by atoms with Crippen molar-refractivity contribution in [2.75, 3.05) is 0 Å². The zero-order valence-electron chi connectivity index (χ0n) is 6.92. The molecule has 12 heavy (non-hydrogen) atoms. The first-order valence-electron chi connectivity index (χ1n) is 3.93. The van der Waals surface area contributed by atoms with Gasteiger partial charge < -0.3 is 0 Å². The summed E-state index contributed by atoms with van der Waals surface area (Å²) in [5, 5.41) is 0. The van der Waals surface area contributed by atoms with Crippen LogP contribution < -0.4 is 0 Å². The molecule has 1 heteroatoms. The van der Waals surface area contributed by atoms with E-state index in [4.69, 9.17) is 0 Å². The number of hydrogen-bond acceptors (Lipinski definition) is 0. The van der Waals surface area contributed by atoms with Crippen molar-refractivity contribution in [2.24, 2.45) is 0 Å². The molecule has 2 aliphatic rings. The average molecular weight is 203 g/mol. The summed E-state index contributed by atoms with van der Waals surface area (Å²) in [7, 11) is 0. The van der Waals surface area contributed by atoms with E-state index in [0.717, 1.165) is 12.8 Å². The minimum Gasteiger partial charge on any atom is -0.275 e. The first-order chi connectivity index (χ1) is 5.50. The van der Waals surface area contributed by atoms with Crippen molar-refractivity contribution in [1.82, 2.24) is 0 Å². The van der Waals surface area contributed by atoms with E-state index in [1.807, 2.05) is 24.3 Å².